The zero-order valence-electron chi connectivity index (χ0n) is 12.4. The van der Waals surface area contributed by atoms with E-state index in [0.717, 1.165) is 11.3 Å². The lowest BCUT2D eigenvalue weighted by molar-refractivity contribution is -0.151. The maximum atomic E-state index is 12.4. The summed E-state index contributed by atoms with van der Waals surface area (Å²) in [5, 5.41) is 2.74. The lowest BCUT2D eigenvalue weighted by atomic mass is 9.97. The molecule has 5 nitrogen and oxygen atoms in total. The quantitative estimate of drug-likeness (QED) is 0.903. The second-order valence-electron chi connectivity index (χ2n) is 5.65. The highest BCUT2D eigenvalue weighted by Gasteiger charge is 2.40. The molecule has 1 aliphatic rings. The first-order valence-electron chi connectivity index (χ1n) is 6.93. The van der Waals surface area contributed by atoms with E-state index in [-0.39, 0.29) is 17.7 Å². The summed E-state index contributed by atoms with van der Waals surface area (Å²) in [6.45, 7) is 7.96. The molecule has 20 heavy (non-hydrogen) atoms. The predicted octanol–water partition coefficient (Wildman–Crippen LogP) is 1.26. The molecule has 2 amide bonds. The van der Waals surface area contributed by atoms with Crippen molar-refractivity contribution in [3.63, 3.8) is 0 Å². The number of hydrogen-bond donors (Lipinski definition) is 1. The number of carbonyl (C=O) groups is 2. The fourth-order valence-corrected chi connectivity index (χ4v) is 2.57. The topological polar surface area (TPSA) is 62.3 Å². The summed E-state index contributed by atoms with van der Waals surface area (Å²) in [5.41, 5.74) is 1.87. The zero-order valence-corrected chi connectivity index (χ0v) is 12.4. The summed E-state index contributed by atoms with van der Waals surface area (Å²) in [6.07, 6.45) is 1.71. The van der Waals surface area contributed by atoms with Crippen molar-refractivity contribution in [3.05, 3.63) is 29.6 Å². The van der Waals surface area contributed by atoms with Gasteiger partial charge in [0.25, 0.3) is 0 Å². The standard InChI is InChI=1S/C15H21N3O2/c1-9(2)13-14(19)17-11(4)15(20)18(13)8-12-10(3)6-5-7-16-12/h5-7,9,11,13H,8H2,1-4H3,(H,17,19). The van der Waals surface area contributed by atoms with E-state index >= 15 is 0 Å². The van der Waals surface area contributed by atoms with Crippen molar-refractivity contribution in [2.45, 2.75) is 46.3 Å². The lowest BCUT2D eigenvalue weighted by Gasteiger charge is -2.39. The molecule has 0 spiro atoms. The minimum Gasteiger partial charge on any atom is -0.343 e. The number of carbonyl (C=O) groups excluding carboxylic acids is 2. The Labute approximate surface area is 119 Å². The second kappa shape index (κ2) is 5.61. The van der Waals surface area contributed by atoms with Crippen LogP contribution in [0.2, 0.25) is 0 Å². The zero-order chi connectivity index (χ0) is 14.9. The third kappa shape index (κ3) is 2.66. The molecule has 108 valence electrons. The number of hydrogen-bond acceptors (Lipinski definition) is 3. The molecule has 5 heteroatoms. The Morgan fingerprint density at radius 3 is 2.70 bits per heavy atom. The summed E-state index contributed by atoms with van der Waals surface area (Å²) >= 11 is 0. The SMILES string of the molecule is Cc1cccnc1CN1C(=O)C(C)NC(=O)C1C(C)C. The van der Waals surface area contributed by atoms with Crippen LogP contribution in [0.3, 0.4) is 0 Å². The first kappa shape index (κ1) is 14.5. The number of aryl methyl sites for hydroxylation is 1. The van der Waals surface area contributed by atoms with Crippen LogP contribution in [0.1, 0.15) is 32.0 Å². The summed E-state index contributed by atoms with van der Waals surface area (Å²) in [7, 11) is 0. The van der Waals surface area contributed by atoms with Gasteiger partial charge in [-0.2, -0.15) is 0 Å². The number of pyridine rings is 1. The Balaban J connectivity index is 2.31. The molecule has 0 bridgehead atoms. The Morgan fingerprint density at radius 2 is 2.10 bits per heavy atom. The van der Waals surface area contributed by atoms with Gasteiger partial charge in [-0.1, -0.05) is 19.9 Å². The number of nitrogens with zero attached hydrogens (tertiary/aromatic N) is 2. The number of rotatable bonds is 3. The summed E-state index contributed by atoms with van der Waals surface area (Å²) in [6, 6.07) is 2.93. The fourth-order valence-electron chi connectivity index (χ4n) is 2.57. The molecular weight excluding hydrogens is 254 g/mol. The molecule has 1 saturated heterocycles. The van der Waals surface area contributed by atoms with Crippen molar-refractivity contribution >= 4 is 11.8 Å². The molecule has 0 aromatic carbocycles. The average molecular weight is 275 g/mol. The van der Waals surface area contributed by atoms with Gasteiger partial charge in [0.05, 0.1) is 12.2 Å². The lowest BCUT2D eigenvalue weighted by Crippen LogP contribution is -2.63. The van der Waals surface area contributed by atoms with Gasteiger partial charge in [-0.3, -0.25) is 14.6 Å². The Morgan fingerprint density at radius 1 is 1.40 bits per heavy atom. The van der Waals surface area contributed by atoms with Gasteiger partial charge in [-0.25, -0.2) is 0 Å². The molecule has 2 rings (SSSR count). The van der Waals surface area contributed by atoms with E-state index in [1.165, 1.54) is 0 Å². The van der Waals surface area contributed by atoms with Gasteiger partial charge in [-0.15, -0.1) is 0 Å². The predicted molar refractivity (Wildman–Crippen MR) is 75.8 cm³/mol. The molecule has 2 atom stereocenters. The third-order valence-electron chi connectivity index (χ3n) is 3.69. The van der Waals surface area contributed by atoms with E-state index in [0.29, 0.717) is 6.54 Å². The Kier molecular flexibility index (Phi) is 4.06. The highest BCUT2D eigenvalue weighted by molar-refractivity contribution is 5.96. The molecule has 2 heterocycles. The van der Waals surface area contributed by atoms with Crippen LogP contribution in [0.4, 0.5) is 0 Å². The van der Waals surface area contributed by atoms with Crippen LogP contribution in [0, 0.1) is 12.8 Å². The van der Waals surface area contributed by atoms with Gasteiger partial charge >= 0.3 is 0 Å². The fraction of sp³-hybridized carbons (Fsp3) is 0.533. The molecule has 2 unspecified atom stereocenters. The number of piperazine rings is 1. The van der Waals surface area contributed by atoms with Gasteiger partial charge in [0.15, 0.2) is 0 Å². The second-order valence-corrected chi connectivity index (χ2v) is 5.65. The van der Waals surface area contributed by atoms with Gasteiger partial charge in [0.2, 0.25) is 11.8 Å². The molecule has 1 aromatic rings. The van der Waals surface area contributed by atoms with E-state index in [1.54, 1.807) is 18.0 Å². The van der Waals surface area contributed by atoms with Gasteiger partial charge < -0.3 is 10.2 Å². The van der Waals surface area contributed by atoms with Gasteiger partial charge in [0.1, 0.15) is 12.1 Å². The molecule has 0 aliphatic carbocycles. The van der Waals surface area contributed by atoms with E-state index in [1.807, 2.05) is 32.9 Å². The van der Waals surface area contributed by atoms with Crippen LogP contribution in [-0.2, 0) is 16.1 Å². The van der Waals surface area contributed by atoms with Crippen molar-refractivity contribution in [1.82, 2.24) is 15.2 Å². The minimum atomic E-state index is -0.471. The Hall–Kier alpha value is -1.91. The van der Waals surface area contributed by atoms with Crippen LogP contribution >= 0.6 is 0 Å². The normalized spacial score (nSPS) is 23.1. The average Bonchev–Trinajstić information content (AvgIpc) is 2.37. The van der Waals surface area contributed by atoms with E-state index in [9.17, 15) is 9.59 Å². The molecule has 1 fully saturated rings. The first-order chi connectivity index (χ1) is 9.41. The third-order valence-corrected chi connectivity index (χ3v) is 3.69. The Bertz CT molecular complexity index is 528. The molecule has 1 N–H and O–H groups in total. The summed E-state index contributed by atoms with van der Waals surface area (Å²) < 4.78 is 0. The number of amides is 2. The van der Waals surface area contributed by atoms with Crippen LogP contribution in [0.5, 0.6) is 0 Å². The largest absolute Gasteiger partial charge is 0.343 e. The minimum absolute atomic E-state index is 0.0478. The number of aromatic nitrogens is 1. The molecule has 0 radical (unpaired) electrons. The number of nitrogens with one attached hydrogen (secondary N) is 1. The highest BCUT2D eigenvalue weighted by atomic mass is 16.2. The molecule has 1 aromatic heterocycles. The molecule has 0 saturated carbocycles. The van der Waals surface area contributed by atoms with Crippen molar-refractivity contribution in [2.75, 3.05) is 0 Å². The van der Waals surface area contributed by atoms with Gasteiger partial charge in [-0.05, 0) is 31.4 Å². The monoisotopic (exact) mass is 275 g/mol. The molecule has 1 aliphatic heterocycles. The van der Waals surface area contributed by atoms with Crippen LogP contribution in [0.15, 0.2) is 18.3 Å². The van der Waals surface area contributed by atoms with E-state index in [2.05, 4.69) is 10.3 Å². The maximum absolute atomic E-state index is 12.4. The van der Waals surface area contributed by atoms with Gasteiger partial charge in [0, 0.05) is 6.20 Å². The van der Waals surface area contributed by atoms with Crippen molar-refractivity contribution in [2.24, 2.45) is 5.92 Å². The van der Waals surface area contributed by atoms with Crippen molar-refractivity contribution in [3.8, 4) is 0 Å². The highest BCUT2D eigenvalue weighted by Crippen LogP contribution is 2.20. The van der Waals surface area contributed by atoms with E-state index in [4.69, 9.17) is 0 Å². The van der Waals surface area contributed by atoms with Crippen LogP contribution < -0.4 is 5.32 Å². The smallest absolute Gasteiger partial charge is 0.245 e. The van der Waals surface area contributed by atoms with E-state index < -0.39 is 12.1 Å². The molecular formula is C15H21N3O2. The van der Waals surface area contributed by atoms with Crippen LogP contribution in [0.25, 0.3) is 0 Å². The maximum Gasteiger partial charge on any atom is 0.245 e. The van der Waals surface area contributed by atoms with Crippen LogP contribution in [-0.4, -0.2) is 33.8 Å². The van der Waals surface area contributed by atoms with Crippen molar-refractivity contribution < 1.29 is 9.59 Å². The first-order valence-corrected chi connectivity index (χ1v) is 6.93. The summed E-state index contributed by atoms with van der Waals surface area (Å²) in [5.74, 6) is -0.0653. The van der Waals surface area contributed by atoms with Crippen molar-refractivity contribution in [1.29, 1.82) is 0 Å². The summed E-state index contributed by atoms with van der Waals surface area (Å²) in [4.78, 5) is 30.5.